The lowest BCUT2D eigenvalue weighted by Crippen LogP contribution is -2.43. The summed E-state index contributed by atoms with van der Waals surface area (Å²) in [5, 5.41) is 14.7. The van der Waals surface area contributed by atoms with E-state index >= 15 is 0 Å². The summed E-state index contributed by atoms with van der Waals surface area (Å²) in [6.45, 7) is 4.86. The molecule has 0 heterocycles. The molecule has 0 bridgehead atoms. The van der Waals surface area contributed by atoms with Crippen LogP contribution in [0.15, 0.2) is 12.7 Å². The number of carboxylic acids is 1. The number of carbonyl (C=O) groups is 2. The number of hydrogen-bond acceptors (Lipinski definition) is 3. The third-order valence-electron chi connectivity index (χ3n) is 2.60. The minimum Gasteiger partial charge on any atom is -0.480 e. The highest BCUT2D eigenvalue weighted by molar-refractivity contribution is 5.80. The van der Waals surface area contributed by atoms with Crippen molar-refractivity contribution in [2.45, 2.75) is 25.3 Å². The molecule has 1 fully saturated rings. The van der Waals surface area contributed by atoms with Crippen LogP contribution in [0.25, 0.3) is 0 Å². The number of carbonyl (C=O) groups excluding carboxylic acids is 1. The quantitative estimate of drug-likeness (QED) is 0.412. The molecule has 0 aliphatic heterocycles. The molecule has 1 rings (SSSR count). The Morgan fingerprint density at radius 3 is 2.67 bits per heavy atom. The fourth-order valence-corrected chi connectivity index (χ4v) is 1.53. The van der Waals surface area contributed by atoms with Gasteiger partial charge in [-0.1, -0.05) is 6.08 Å². The Morgan fingerprint density at radius 1 is 1.39 bits per heavy atom. The van der Waals surface area contributed by atoms with Crippen molar-refractivity contribution in [3.05, 3.63) is 12.7 Å². The van der Waals surface area contributed by atoms with Gasteiger partial charge in [-0.2, -0.15) is 0 Å². The van der Waals surface area contributed by atoms with E-state index in [9.17, 15) is 9.59 Å². The number of nitrogens with zero attached hydrogens (tertiary/aromatic N) is 1. The van der Waals surface area contributed by atoms with Crippen molar-refractivity contribution < 1.29 is 14.7 Å². The van der Waals surface area contributed by atoms with Crippen molar-refractivity contribution in [3.8, 4) is 0 Å². The first kappa shape index (κ1) is 14.5. The lowest BCUT2D eigenvalue weighted by atomic mass is 10.4. The molecule has 1 saturated carbocycles. The van der Waals surface area contributed by atoms with E-state index in [2.05, 4.69) is 17.2 Å². The molecule has 18 heavy (non-hydrogen) atoms. The van der Waals surface area contributed by atoms with Gasteiger partial charge in [0.2, 0.25) is 0 Å². The number of carboxylic acid groups (broad SMARTS) is 1. The summed E-state index contributed by atoms with van der Waals surface area (Å²) in [4.78, 5) is 23.5. The summed E-state index contributed by atoms with van der Waals surface area (Å²) in [6.07, 6.45) is 4.85. The first-order chi connectivity index (χ1) is 8.63. The van der Waals surface area contributed by atoms with Gasteiger partial charge in [0.15, 0.2) is 0 Å². The Kier molecular flexibility index (Phi) is 6.21. The number of aliphatic carboxylic acids is 1. The van der Waals surface area contributed by atoms with Gasteiger partial charge in [-0.25, -0.2) is 4.79 Å². The van der Waals surface area contributed by atoms with Gasteiger partial charge in [-0.3, -0.25) is 4.79 Å². The SMILES string of the molecule is C=CCN(CC(=O)O)C(=O)NCCCNC1CC1. The fraction of sp³-hybridized carbons (Fsp3) is 0.667. The molecule has 0 aromatic carbocycles. The zero-order valence-electron chi connectivity index (χ0n) is 10.5. The molecule has 6 nitrogen and oxygen atoms in total. The fourth-order valence-electron chi connectivity index (χ4n) is 1.53. The van der Waals surface area contributed by atoms with E-state index in [1.807, 2.05) is 0 Å². The lowest BCUT2D eigenvalue weighted by molar-refractivity contribution is -0.137. The normalized spacial score (nSPS) is 14.0. The average molecular weight is 255 g/mol. The third kappa shape index (κ3) is 6.24. The highest BCUT2D eigenvalue weighted by atomic mass is 16.4. The largest absolute Gasteiger partial charge is 0.480 e. The molecule has 1 aliphatic carbocycles. The van der Waals surface area contributed by atoms with Crippen LogP contribution in [0.2, 0.25) is 0 Å². The smallest absolute Gasteiger partial charge is 0.323 e. The van der Waals surface area contributed by atoms with Crippen LogP contribution in [0.4, 0.5) is 4.79 Å². The number of amides is 2. The van der Waals surface area contributed by atoms with Gasteiger partial charge in [-0.15, -0.1) is 6.58 Å². The summed E-state index contributed by atoms with van der Waals surface area (Å²) in [6, 6.07) is 0.314. The summed E-state index contributed by atoms with van der Waals surface area (Å²) in [7, 11) is 0. The molecule has 6 heteroatoms. The Hall–Kier alpha value is -1.56. The van der Waals surface area contributed by atoms with Crippen molar-refractivity contribution in [3.63, 3.8) is 0 Å². The highest BCUT2D eigenvalue weighted by Crippen LogP contribution is 2.18. The average Bonchev–Trinajstić information content (AvgIpc) is 3.11. The van der Waals surface area contributed by atoms with E-state index in [4.69, 9.17) is 5.11 Å². The van der Waals surface area contributed by atoms with E-state index in [0.717, 1.165) is 13.0 Å². The molecule has 0 aromatic rings. The summed E-state index contributed by atoms with van der Waals surface area (Å²) in [5.41, 5.74) is 0. The van der Waals surface area contributed by atoms with Crippen molar-refractivity contribution >= 4 is 12.0 Å². The highest BCUT2D eigenvalue weighted by Gasteiger charge is 2.19. The Balaban J connectivity index is 2.13. The summed E-state index contributed by atoms with van der Waals surface area (Å²) < 4.78 is 0. The van der Waals surface area contributed by atoms with Gasteiger partial charge < -0.3 is 20.6 Å². The van der Waals surface area contributed by atoms with E-state index in [1.54, 1.807) is 0 Å². The van der Waals surface area contributed by atoms with Crippen molar-refractivity contribution in [2.24, 2.45) is 0 Å². The maximum absolute atomic E-state index is 11.7. The number of urea groups is 1. The molecular weight excluding hydrogens is 234 g/mol. The molecule has 0 unspecified atom stereocenters. The number of rotatable bonds is 9. The first-order valence-electron chi connectivity index (χ1n) is 6.22. The maximum Gasteiger partial charge on any atom is 0.323 e. The van der Waals surface area contributed by atoms with Gasteiger partial charge in [0.1, 0.15) is 6.54 Å². The van der Waals surface area contributed by atoms with Crippen molar-refractivity contribution in [1.29, 1.82) is 0 Å². The standard InChI is InChI=1S/C12H21N3O3/c1-2-8-15(9-11(16)17)12(18)14-7-3-6-13-10-4-5-10/h2,10,13H,1,3-9H2,(H,14,18)(H,16,17). The van der Waals surface area contributed by atoms with Crippen LogP contribution in [0.3, 0.4) is 0 Å². The molecule has 0 saturated heterocycles. The van der Waals surface area contributed by atoms with Gasteiger partial charge >= 0.3 is 12.0 Å². The summed E-state index contributed by atoms with van der Waals surface area (Å²) >= 11 is 0. The minimum absolute atomic E-state index is 0.235. The van der Waals surface area contributed by atoms with Crippen LogP contribution in [0, 0.1) is 0 Å². The van der Waals surface area contributed by atoms with E-state index in [-0.39, 0.29) is 19.1 Å². The zero-order chi connectivity index (χ0) is 13.4. The Labute approximate surface area is 107 Å². The van der Waals surface area contributed by atoms with Crippen molar-refractivity contribution in [2.75, 3.05) is 26.2 Å². The Morgan fingerprint density at radius 2 is 2.11 bits per heavy atom. The van der Waals surface area contributed by atoms with Crippen LogP contribution in [-0.2, 0) is 4.79 Å². The Bertz CT molecular complexity index is 303. The number of nitrogens with one attached hydrogen (secondary N) is 2. The lowest BCUT2D eigenvalue weighted by Gasteiger charge is -2.19. The van der Waals surface area contributed by atoms with Gasteiger partial charge in [0.05, 0.1) is 0 Å². The second kappa shape index (κ2) is 7.71. The molecule has 0 radical (unpaired) electrons. The molecule has 0 aromatic heterocycles. The molecule has 0 spiro atoms. The predicted molar refractivity (Wildman–Crippen MR) is 68.4 cm³/mol. The predicted octanol–water partition coefficient (Wildman–Crippen LogP) is 0.411. The summed E-state index contributed by atoms with van der Waals surface area (Å²) in [5.74, 6) is -1.03. The third-order valence-corrected chi connectivity index (χ3v) is 2.60. The van der Waals surface area contributed by atoms with E-state index in [1.165, 1.54) is 23.8 Å². The van der Waals surface area contributed by atoms with Crippen molar-refractivity contribution in [1.82, 2.24) is 15.5 Å². The van der Waals surface area contributed by atoms with Crippen LogP contribution in [0.1, 0.15) is 19.3 Å². The van der Waals surface area contributed by atoms with Gasteiger partial charge in [0, 0.05) is 19.1 Å². The first-order valence-corrected chi connectivity index (χ1v) is 6.22. The number of hydrogen-bond donors (Lipinski definition) is 3. The molecule has 3 N–H and O–H groups in total. The second-order valence-electron chi connectivity index (χ2n) is 4.38. The van der Waals surface area contributed by atoms with Gasteiger partial charge in [-0.05, 0) is 25.8 Å². The van der Waals surface area contributed by atoms with E-state index in [0.29, 0.717) is 12.6 Å². The van der Waals surface area contributed by atoms with Gasteiger partial charge in [0.25, 0.3) is 0 Å². The molecule has 102 valence electrons. The van der Waals surface area contributed by atoms with Crippen LogP contribution < -0.4 is 10.6 Å². The molecular formula is C12H21N3O3. The minimum atomic E-state index is -1.03. The maximum atomic E-state index is 11.7. The van der Waals surface area contributed by atoms with Crippen LogP contribution in [-0.4, -0.2) is 54.2 Å². The molecule has 1 aliphatic rings. The zero-order valence-corrected chi connectivity index (χ0v) is 10.5. The molecule has 0 atom stereocenters. The molecule has 2 amide bonds. The van der Waals surface area contributed by atoms with Crippen LogP contribution >= 0.6 is 0 Å². The topological polar surface area (TPSA) is 81.7 Å². The van der Waals surface area contributed by atoms with Crippen LogP contribution in [0.5, 0.6) is 0 Å². The second-order valence-corrected chi connectivity index (χ2v) is 4.38. The monoisotopic (exact) mass is 255 g/mol. The van der Waals surface area contributed by atoms with E-state index < -0.39 is 5.97 Å².